The van der Waals surface area contributed by atoms with Crippen LogP contribution in [0.2, 0.25) is 0 Å². The van der Waals surface area contributed by atoms with Crippen molar-refractivity contribution < 1.29 is 4.74 Å². The summed E-state index contributed by atoms with van der Waals surface area (Å²) in [6, 6.07) is 0.282. The average molecular weight is 129 g/mol. The Balaban J connectivity index is 2.38. The topological polar surface area (TPSA) is 35.2 Å². The highest BCUT2D eigenvalue weighted by molar-refractivity contribution is 4.81. The lowest BCUT2D eigenvalue weighted by atomic mass is 10.1. The third kappa shape index (κ3) is 1.43. The van der Waals surface area contributed by atoms with Gasteiger partial charge in [0.15, 0.2) is 0 Å². The second-order valence-corrected chi connectivity index (χ2v) is 2.79. The van der Waals surface area contributed by atoms with E-state index < -0.39 is 0 Å². The van der Waals surface area contributed by atoms with Gasteiger partial charge in [0.25, 0.3) is 0 Å². The summed E-state index contributed by atoms with van der Waals surface area (Å²) in [6.07, 6.45) is 2.77. The van der Waals surface area contributed by atoms with E-state index in [9.17, 15) is 0 Å². The molecule has 2 N–H and O–H groups in total. The largest absolute Gasteiger partial charge is 0.374 e. The van der Waals surface area contributed by atoms with Crippen molar-refractivity contribution in [1.82, 2.24) is 0 Å². The molecule has 0 aromatic carbocycles. The number of ether oxygens (including phenoxy) is 1. The van der Waals surface area contributed by atoms with Crippen LogP contribution in [0.1, 0.15) is 26.7 Å². The van der Waals surface area contributed by atoms with Gasteiger partial charge in [-0.3, -0.25) is 0 Å². The van der Waals surface area contributed by atoms with E-state index in [2.05, 4.69) is 13.8 Å². The summed E-state index contributed by atoms with van der Waals surface area (Å²) in [6.45, 7) is 4.19. The molecule has 1 aliphatic heterocycles. The molecule has 1 heterocycles. The summed E-state index contributed by atoms with van der Waals surface area (Å²) in [5.41, 5.74) is 5.75. The first-order chi connectivity index (χ1) is 4.24. The highest BCUT2D eigenvalue weighted by Crippen LogP contribution is 2.19. The molecule has 1 saturated heterocycles. The minimum absolute atomic E-state index is 0.282. The van der Waals surface area contributed by atoms with Gasteiger partial charge in [-0.05, 0) is 19.8 Å². The maximum Gasteiger partial charge on any atom is 0.0727 e. The van der Waals surface area contributed by atoms with E-state index in [0.29, 0.717) is 12.2 Å². The molecular formula is C7H15NO. The molecule has 0 saturated carbocycles. The van der Waals surface area contributed by atoms with Crippen LogP contribution in [0.4, 0.5) is 0 Å². The molecule has 0 bridgehead atoms. The molecule has 3 atom stereocenters. The monoisotopic (exact) mass is 129 g/mol. The lowest BCUT2D eigenvalue weighted by molar-refractivity contribution is 0.0500. The van der Waals surface area contributed by atoms with Gasteiger partial charge in [0.2, 0.25) is 0 Å². The fourth-order valence-electron chi connectivity index (χ4n) is 1.39. The Morgan fingerprint density at radius 3 is 2.56 bits per heavy atom. The Morgan fingerprint density at radius 2 is 2.33 bits per heavy atom. The van der Waals surface area contributed by atoms with Crippen LogP contribution in [0.25, 0.3) is 0 Å². The summed E-state index contributed by atoms with van der Waals surface area (Å²) >= 11 is 0. The predicted octanol–water partition coefficient (Wildman–Crippen LogP) is 0.901. The molecule has 0 radical (unpaired) electrons. The average Bonchev–Trinajstić information content (AvgIpc) is 2.10. The van der Waals surface area contributed by atoms with Crippen molar-refractivity contribution in [3.63, 3.8) is 0 Å². The van der Waals surface area contributed by atoms with Gasteiger partial charge >= 0.3 is 0 Å². The van der Waals surface area contributed by atoms with Crippen molar-refractivity contribution in [2.45, 2.75) is 44.9 Å². The number of hydrogen-bond donors (Lipinski definition) is 1. The first-order valence-electron chi connectivity index (χ1n) is 3.65. The highest BCUT2D eigenvalue weighted by atomic mass is 16.5. The SMILES string of the molecule is CC[C@H]1O[C@@H](C)CC1N. The second-order valence-electron chi connectivity index (χ2n) is 2.79. The lowest BCUT2D eigenvalue weighted by Gasteiger charge is -2.10. The molecule has 0 spiro atoms. The first kappa shape index (κ1) is 7.03. The van der Waals surface area contributed by atoms with Crippen molar-refractivity contribution in [2.75, 3.05) is 0 Å². The smallest absolute Gasteiger partial charge is 0.0727 e. The van der Waals surface area contributed by atoms with Gasteiger partial charge in [-0.25, -0.2) is 0 Å². The highest BCUT2D eigenvalue weighted by Gasteiger charge is 2.27. The third-order valence-electron chi connectivity index (χ3n) is 1.89. The fraction of sp³-hybridized carbons (Fsp3) is 1.00. The summed E-state index contributed by atoms with van der Waals surface area (Å²) < 4.78 is 5.50. The zero-order valence-electron chi connectivity index (χ0n) is 6.13. The predicted molar refractivity (Wildman–Crippen MR) is 37.2 cm³/mol. The van der Waals surface area contributed by atoms with Gasteiger partial charge in [0.1, 0.15) is 0 Å². The molecule has 0 aromatic rings. The normalized spacial score (nSPS) is 43.7. The Labute approximate surface area is 56.4 Å². The van der Waals surface area contributed by atoms with Crippen molar-refractivity contribution in [1.29, 1.82) is 0 Å². The lowest BCUT2D eigenvalue weighted by Crippen LogP contribution is -2.29. The van der Waals surface area contributed by atoms with Crippen LogP contribution in [-0.4, -0.2) is 18.2 Å². The van der Waals surface area contributed by atoms with Crippen LogP contribution in [0.15, 0.2) is 0 Å². The van der Waals surface area contributed by atoms with E-state index in [1.807, 2.05) is 0 Å². The van der Waals surface area contributed by atoms with Gasteiger partial charge in [0, 0.05) is 6.04 Å². The Morgan fingerprint density at radius 1 is 1.67 bits per heavy atom. The standard InChI is InChI=1S/C7H15NO/c1-3-7-6(8)4-5(2)9-7/h5-7H,3-4,8H2,1-2H3/t5-,6?,7+/m0/s1. The van der Waals surface area contributed by atoms with Crippen molar-refractivity contribution in [3.8, 4) is 0 Å². The van der Waals surface area contributed by atoms with Crippen molar-refractivity contribution in [2.24, 2.45) is 5.73 Å². The molecule has 9 heavy (non-hydrogen) atoms. The molecule has 2 nitrogen and oxygen atoms in total. The minimum atomic E-state index is 0.282. The number of hydrogen-bond acceptors (Lipinski definition) is 2. The van der Waals surface area contributed by atoms with Crippen LogP contribution in [0, 0.1) is 0 Å². The Bertz CT molecular complexity index is 94.9. The minimum Gasteiger partial charge on any atom is -0.374 e. The molecule has 0 aliphatic carbocycles. The second kappa shape index (κ2) is 2.67. The molecule has 1 unspecified atom stereocenters. The Kier molecular flexibility index (Phi) is 2.09. The molecule has 1 rings (SSSR count). The molecule has 2 heteroatoms. The third-order valence-corrected chi connectivity index (χ3v) is 1.89. The summed E-state index contributed by atoms with van der Waals surface area (Å²) in [5.74, 6) is 0. The van der Waals surface area contributed by atoms with E-state index in [-0.39, 0.29) is 6.04 Å². The van der Waals surface area contributed by atoms with E-state index in [1.165, 1.54) is 0 Å². The van der Waals surface area contributed by atoms with Crippen LogP contribution in [-0.2, 0) is 4.74 Å². The molecule has 54 valence electrons. The quantitative estimate of drug-likeness (QED) is 0.571. The van der Waals surface area contributed by atoms with E-state index in [4.69, 9.17) is 10.5 Å². The molecule has 1 aliphatic rings. The molecule has 1 fully saturated rings. The van der Waals surface area contributed by atoms with Crippen LogP contribution >= 0.6 is 0 Å². The molecular weight excluding hydrogens is 114 g/mol. The first-order valence-corrected chi connectivity index (χ1v) is 3.65. The van der Waals surface area contributed by atoms with E-state index >= 15 is 0 Å². The molecule has 0 aromatic heterocycles. The van der Waals surface area contributed by atoms with Crippen LogP contribution in [0.3, 0.4) is 0 Å². The molecule has 0 amide bonds. The van der Waals surface area contributed by atoms with E-state index in [0.717, 1.165) is 12.8 Å². The maximum absolute atomic E-state index is 5.75. The zero-order valence-corrected chi connectivity index (χ0v) is 6.13. The Hall–Kier alpha value is -0.0800. The van der Waals surface area contributed by atoms with Gasteiger partial charge in [-0.1, -0.05) is 6.92 Å². The summed E-state index contributed by atoms with van der Waals surface area (Å²) in [7, 11) is 0. The van der Waals surface area contributed by atoms with Gasteiger partial charge in [0.05, 0.1) is 12.2 Å². The van der Waals surface area contributed by atoms with Crippen LogP contribution in [0.5, 0.6) is 0 Å². The van der Waals surface area contributed by atoms with E-state index in [1.54, 1.807) is 0 Å². The van der Waals surface area contributed by atoms with Crippen molar-refractivity contribution in [3.05, 3.63) is 0 Å². The number of nitrogens with two attached hydrogens (primary N) is 1. The van der Waals surface area contributed by atoms with Gasteiger partial charge < -0.3 is 10.5 Å². The maximum atomic E-state index is 5.75. The zero-order chi connectivity index (χ0) is 6.85. The van der Waals surface area contributed by atoms with Crippen LogP contribution < -0.4 is 5.73 Å². The van der Waals surface area contributed by atoms with Crippen molar-refractivity contribution >= 4 is 0 Å². The summed E-state index contributed by atoms with van der Waals surface area (Å²) in [5, 5.41) is 0. The number of rotatable bonds is 1. The fourth-order valence-corrected chi connectivity index (χ4v) is 1.39. The van der Waals surface area contributed by atoms with Gasteiger partial charge in [-0.15, -0.1) is 0 Å². The summed E-state index contributed by atoms with van der Waals surface area (Å²) in [4.78, 5) is 0. The van der Waals surface area contributed by atoms with Gasteiger partial charge in [-0.2, -0.15) is 0 Å².